The van der Waals surface area contributed by atoms with Gasteiger partial charge in [-0.3, -0.25) is 14.5 Å². The number of carbonyl (C=O) groups excluding carboxylic acids is 1. The quantitative estimate of drug-likeness (QED) is 0.529. The van der Waals surface area contributed by atoms with Crippen molar-refractivity contribution >= 4 is 38.5 Å². The molecule has 2 aromatic heterocycles. The van der Waals surface area contributed by atoms with E-state index in [1.165, 1.54) is 6.92 Å². The summed E-state index contributed by atoms with van der Waals surface area (Å²) >= 11 is 1.14. The maximum absolute atomic E-state index is 13.2. The molecule has 3 aromatic rings. The van der Waals surface area contributed by atoms with E-state index in [2.05, 4.69) is 33.8 Å². The molecule has 2 N–H and O–H groups in total. The third kappa shape index (κ3) is 4.85. The minimum atomic E-state index is -3.87. The normalized spacial score (nSPS) is 19.0. The number of nitrogens with zero attached hydrogens (tertiary/aromatic N) is 2. The lowest BCUT2D eigenvalue weighted by Gasteiger charge is -2.38. The molecule has 2 atom stereocenters. The van der Waals surface area contributed by atoms with Crippen LogP contribution in [-0.2, 0) is 10.0 Å². The second-order valence-corrected chi connectivity index (χ2v) is 11.1. The zero-order chi connectivity index (χ0) is 22.9. The van der Waals surface area contributed by atoms with Gasteiger partial charge in [0.15, 0.2) is 5.78 Å². The number of Topliss-reactive ketones (excluding diaryl/α,β-unsaturated/α-hetero) is 1. The molecule has 168 valence electrons. The topological polar surface area (TPSA) is 91.4 Å². The van der Waals surface area contributed by atoms with Crippen molar-refractivity contribution in [1.82, 2.24) is 10.3 Å². The monoisotopic (exact) mass is 470 g/mol. The van der Waals surface area contributed by atoms with Crippen LogP contribution in [0.25, 0.3) is 10.6 Å². The smallest absolute Gasteiger partial charge is 0.271 e. The van der Waals surface area contributed by atoms with Crippen molar-refractivity contribution in [3.05, 3.63) is 60.3 Å². The third-order valence-electron chi connectivity index (χ3n) is 5.31. The Morgan fingerprint density at radius 1 is 1.12 bits per heavy atom. The van der Waals surface area contributed by atoms with E-state index in [0.717, 1.165) is 35.0 Å². The van der Waals surface area contributed by atoms with Gasteiger partial charge in [-0.2, -0.15) is 0 Å². The summed E-state index contributed by atoms with van der Waals surface area (Å²) in [4.78, 5) is 19.5. The van der Waals surface area contributed by atoms with Crippen LogP contribution in [-0.4, -0.2) is 44.4 Å². The zero-order valence-corrected chi connectivity index (χ0v) is 19.8. The molecule has 0 radical (unpaired) electrons. The molecule has 1 aromatic carbocycles. The molecule has 0 saturated carbocycles. The van der Waals surface area contributed by atoms with Crippen molar-refractivity contribution in [2.24, 2.45) is 0 Å². The molecular formula is C23H26N4O3S2. The molecule has 1 aliphatic rings. The van der Waals surface area contributed by atoms with Gasteiger partial charge in [-0.05, 0) is 63.2 Å². The lowest BCUT2D eigenvalue weighted by molar-refractivity contribution is 0.101. The van der Waals surface area contributed by atoms with Crippen LogP contribution >= 0.6 is 11.3 Å². The molecule has 9 heteroatoms. The van der Waals surface area contributed by atoms with Crippen molar-refractivity contribution in [2.45, 2.75) is 37.1 Å². The highest BCUT2D eigenvalue weighted by Gasteiger charge is 2.24. The third-order valence-corrected chi connectivity index (χ3v) is 8.28. The average Bonchev–Trinajstić information content (AvgIpc) is 3.25. The molecule has 0 unspecified atom stereocenters. The predicted octanol–water partition coefficient (Wildman–Crippen LogP) is 4.00. The summed E-state index contributed by atoms with van der Waals surface area (Å²) in [7, 11) is -3.87. The van der Waals surface area contributed by atoms with E-state index in [9.17, 15) is 13.2 Å². The second-order valence-electron chi connectivity index (χ2n) is 8.10. The number of rotatable bonds is 6. The van der Waals surface area contributed by atoms with Crippen LogP contribution in [0.5, 0.6) is 0 Å². The maximum atomic E-state index is 13.2. The average molecular weight is 471 g/mol. The van der Waals surface area contributed by atoms with Gasteiger partial charge in [0.1, 0.15) is 4.21 Å². The number of hydrogen-bond acceptors (Lipinski definition) is 7. The van der Waals surface area contributed by atoms with Crippen molar-refractivity contribution in [3.63, 3.8) is 0 Å². The highest BCUT2D eigenvalue weighted by atomic mass is 32.2. The van der Waals surface area contributed by atoms with Crippen molar-refractivity contribution in [1.29, 1.82) is 0 Å². The molecular weight excluding hydrogens is 444 g/mol. The van der Waals surface area contributed by atoms with E-state index in [1.54, 1.807) is 30.5 Å². The predicted molar refractivity (Wildman–Crippen MR) is 129 cm³/mol. The number of pyridine rings is 1. The van der Waals surface area contributed by atoms with Crippen molar-refractivity contribution < 1.29 is 13.2 Å². The number of ketones is 1. The Hall–Kier alpha value is -2.75. The van der Waals surface area contributed by atoms with Crippen LogP contribution in [0.2, 0.25) is 0 Å². The first-order valence-corrected chi connectivity index (χ1v) is 12.7. The van der Waals surface area contributed by atoms with Crippen LogP contribution < -0.4 is 14.9 Å². The summed E-state index contributed by atoms with van der Waals surface area (Å²) in [6, 6.07) is 14.8. The Morgan fingerprint density at radius 2 is 1.88 bits per heavy atom. The molecule has 1 fully saturated rings. The first kappa shape index (κ1) is 22.4. The fraction of sp³-hybridized carbons (Fsp3) is 0.304. The number of sulfonamides is 1. The Morgan fingerprint density at radius 3 is 2.53 bits per heavy atom. The van der Waals surface area contributed by atoms with Gasteiger partial charge in [-0.15, -0.1) is 11.3 Å². The molecule has 4 rings (SSSR count). The molecule has 3 heterocycles. The lowest BCUT2D eigenvalue weighted by Crippen LogP contribution is -2.54. The molecule has 0 bridgehead atoms. The summed E-state index contributed by atoms with van der Waals surface area (Å²) in [6.07, 6.45) is 1.67. The number of carbonyl (C=O) groups is 1. The molecule has 0 spiro atoms. The molecule has 7 nitrogen and oxygen atoms in total. The number of aromatic nitrogens is 1. The van der Waals surface area contributed by atoms with Crippen LogP contribution in [0, 0.1) is 0 Å². The highest BCUT2D eigenvalue weighted by Crippen LogP contribution is 2.32. The minimum Gasteiger partial charge on any atom is -0.368 e. The van der Waals surface area contributed by atoms with Crippen molar-refractivity contribution in [3.8, 4) is 10.6 Å². The number of hydrogen-bond donors (Lipinski definition) is 2. The van der Waals surface area contributed by atoms with E-state index in [-0.39, 0.29) is 9.99 Å². The van der Waals surface area contributed by atoms with Gasteiger partial charge in [0.25, 0.3) is 10.0 Å². The molecule has 1 aliphatic heterocycles. The van der Waals surface area contributed by atoms with Crippen LogP contribution in [0.15, 0.2) is 58.9 Å². The molecule has 0 aliphatic carbocycles. The Bertz CT molecular complexity index is 1220. The summed E-state index contributed by atoms with van der Waals surface area (Å²) in [5.41, 5.74) is 2.23. The van der Waals surface area contributed by atoms with Gasteiger partial charge < -0.3 is 10.2 Å². The van der Waals surface area contributed by atoms with Crippen LogP contribution in [0.4, 0.5) is 11.4 Å². The Labute approximate surface area is 192 Å². The van der Waals surface area contributed by atoms with Crippen LogP contribution in [0.1, 0.15) is 31.1 Å². The summed E-state index contributed by atoms with van der Waals surface area (Å²) in [6.45, 7) is 7.27. The van der Waals surface area contributed by atoms with Gasteiger partial charge in [-0.25, -0.2) is 8.42 Å². The lowest BCUT2D eigenvalue weighted by atomic mass is 10.1. The number of nitrogens with one attached hydrogen (secondary N) is 2. The van der Waals surface area contributed by atoms with Gasteiger partial charge >= 0.3 is 0 Å². The van der Waals surface area contributed by atoms with E-state index >= 15 is 0 Å². The zero-order valence-electron chi connectivity index (χ0n) is 18.2. The largest absolute Gasteiger partial charge is 0.368 e. The number of piperazine rings is 1. The van der Waals surface area contributed by atoms with Crippen LogP contribution in [0.3, 0.4) is 0 Å². The Balaban J connectivity index is 1.65. The first-order chi connectivity index (χ1) is 15.2. The fourth-order valence-electron chi connectivity index (χ4n) is 3.96. The van der Waals surface area contributed by atoms with E-state index in [4.69, 9.17) is 0 Å². The summed E-state index contributed by atoms with van der Waals surface area (Å²) in [5.74, 6) is -0.198. The van der Waals surface area contributed by atoms with Gasteiger partial charge in [0, 0.05) is 42.6 Å². The molecule has 0 amide bonds. The number of anilines is 2. The summed E-state index contributed by atoms with van der Waals surface area (Å²) in [5, 5.41) is 3.49. The fourth-order valence-corrected chi connectivity index (χ4v) is 6.32. The number of benzene rings is 1. The molecule has 1 saturated heterocycles. The second kappa shape index (κ2) is 9.01. The van der Waals surface area contributed by atoms with Gasteiger partial charge in [-0.1, -0.05) is 6.07 Å². The number of thiophene rings is 1. The SMILES string of the molecule is CC(=O)c1ccc(N2C[C@@H](C)N[C@@H](C)C2)cc1NS(=O)(=O)c1ccc(-c2ccccn2)s1. The maximum Gasteiger partial charge on any atom is 0.271 e. The van der Waals surface area contributed by atoms with Gasteiger partial charge in [0.2, 0.25) is 0 Å². The summed E-state index contributed by atoms with van der Waals surface area (Å²) < 4.78 is 29.1. The van der Waals surface area contributed by atoms with E-state index in [0.29, 0.717) is 29.0 Å². The first-order valence-electron chi connectivity index (χ1n) is 10.4. The standard InChI is InChI=1S/C23H26N4O3S2/c1-15-13-27(14-16(2)25-15)18-7-8-19(17(3)28)21(12-18)26-32(29,30)23-10-9-22(31-23)20-6-4-5-11-24-20/h4-12,15-16,25-26H,13-14H2,1-3H3/t15-,16+. The van der Waals surface area contributed by atoms with Crippen molar-refractivity contribution in [2.75, 3.05) is 22.7 Å². The van der Waals surface area contributed by atoms with E-state index in [1.807, 2.05) is 24.3 Å². The Kier molecular flexibility index (Phi) is 6.32. The molecule has 32 heavy (non-hydrogen) atoms. The van der Waals surface area contributed by atoms with E-state index < -0.39 is 10.0 Å². The van der Waals surface area contributed by atoms with Gasteiger partial charge in [0.05, 0.1) is 16.3 Å². The minimum absolute atomic E-state index is 0.169. The highest BCUT2D eigenvalue weighted by molar-refractivity contribution is 7.94.